The fourth-order valence-corrected chi connectivity index (χ4v) is 7.32. The van der Waals surface area contributed by atoms with Crippen molar-refractivity contribution in [2.24, 2.45) is 5.73 Å². The number of benzene rings is 6. The third kappa shape index (κ3) is 21.1. The third-order valence-electron chi connectivity index (χ3n) is 9.37. The zero-order valence-electron chi connectivity index (χ0n) is 36.8. The van der Waals surface area contributed by atoms with Crippen molar-refractivity contribution in [2.45, 2.75) is 32.9 Å². The van der Waals surface area contributed by atoms with Gasteiger partial charge in [-0.2, -0.15) is 0 Å². The Morgan fingerprint density at radius 3 is 1.53 bits per heavy atom. The lowest BCUT2D eigenvalue weighted by atomic mass is 10.1. The molecule has 0 amide bonds. The van der Waals surface area contributed by atoms with Crippen molar-refractivity contribution in [2.75, 3.05) is 49.8 Å². The molecule has 0 spiro atoms. The number of carbonyl (C=O) groups excluding carboxylic acids is 1. The highest BCUT2D eigenvalue weighted by Crippen LogP contribution is 2.27. The van der Waals surface area contributed by atoms with E-state index in [9.17, 15) is 4.79 Å². The molecule has 0 fully saturated rings. The lowest BCUT2D eigenvalue weighted by molar-refractivity contribution is 0.102. The quantitative estimate of drug-likeness (QED) is 0.0428. The number of hydrogen-bond donors (Lipinski definition) is 4. The first kappa shape index (κ1) is 53.3. The van der Waals surface area contributed by atoms with E-state index < -0.39 is 0 Å². The summed E-state index contributed by atoms with van der Waals surface area (Å²) in [4.78, 5) is 20.4. The summed E-state index contributed by atoms with van der Waals surface area (Å²) >= 11 is 9.55. The van der Waals surface area contributed by atoms with Crippen LogP contribution in [0.15, 0.2) is 175 Å². The molecule has 0 saturated carbocycles. The number of Topliss-reactive ketones (excluding diaryl/α,β-unsaturated/α-hetero) is 1. The highest BCUT2D eigenvalue weighted by molar-refractivity contribution is 9.09. The molecular weight excluding hydrogens is 965 g/mol. The average Bonchev–Trinajstić information content (AvgIpc) is 3.78. The second kappa shape index (κ2) is 30.9. The Morgan fingerprint density at radius 1 is 0.672 bits per heavy atom. The molecule has 0 bridgehead atoms. The van der Waals surface area contributed by atoms with Gasteiger partial charge in [-0.1, -0.05) is 162 Å². The van der Waals surface area contributed by atoms with E-state index in [1.807, 2.05) is 66.7 Å². The Morgan fingerprint density at radius 2 is 1.09 bits per heavy atom. The van der Waals surface area contributed by atoms with Crippen LogP contribution >= 0.6 is 56.5 Å². The van der Waals surface area contributed by atoms with Crippen LogP contribution in [-0.4, -0.2) is 69.9 Å². The molecule has 0 aliphatic rings. The molecule has 6 aromatic carbocycles. The van der Waals surface area contributed by atoms with E-state index in [-0.39, 0.29) is 29.4 Å². The topological polar surface area (TPSA) is 107 Å². The highest BCUT2D eigenvalue weighted by atomic mass is 79.9. The van der Waals surface area contributed by atoms with Crippen LogP contribution in [0.1, 0.15) is 39.5 Å². The molecule has 8 nitrogen and oxygen atoms in total. The summed E-state index contributed by atoms with van der Waals surface area (Å²) in [5.74, 6) is 0.126. The number of anilines is 3. The Kier molecular flexibility index (Phi) is 25.8. The molecule has 64 heavy (non-hydrogen) atoms. The van der Waals surface area contributed by atoms with Crippen molar-refractivity contribution >= 4 is 83.9 Å². The van der Waals surface area contributed by atoms with Crippen LogP contribution in [0.2, 0.25) is 0 Å². The number of aliphatic hydroxyl groups excluding tert-OH is 1. The lowest BCUT2D eigenvalue weighted by Gasteiger charge is -2.16. The number of hydrogen-bond acceptors (Lipinski definition) is 8. The standard InChI is InChI=1S/C25H25N3S.C17H21N3S.C8H7BrO.C2H6O.BrH/c1-28(18-21-8-4-2-5-9-21)17-16-20-12-14-23(15-13-20)26-25-27-24(19-29-25)22-10-6-3-7-11-22;1-20(13-15-5-3-2-4-6-15)12-11-14-7-9-16(10-8-14)19-17(18)21;9-6-8(10)7-4-2-1-3-5-7;1-2-3;/h2-15,19H,16-18H2,1H3,(H,26,27);2-10H,11-13H2,1H3,(H3,18,19,21);1-5H,6H2;3H,2H2,1H3;1H. The zero-order chi connectivity index (χ0) is 45.1. The minimum absolute atomic E-state index is 0. The number of nitrogens with two attached hydrogens (primary N) is 1. The number of nitrogens with one attached hydrogen (secondary N) is 2. The number of nitrogens with zero attached hydrogens (tertiary/aromatic N) is 3. The van der Waals surface area contributed by atoms with E-state index in [0.29, 0.717) is 10.4 Å². The van der Waals surface area contributed by atoms with Gasteiger partial charge in [-0.05, 0) is 92.6 Å². The fraction of sp³-hybridized carbons (Fsp3) is 0.212. The molecule has 0 radical (unpaired) electrons. The fourth-order valence-electron chi connectivity index (χ4n) is 6.14. The first-order chi connectivity index (χ1) is 30.6. The van der Waals surface area contributed by atoms with Gasteiger partial charge in [-0.25, -0.2) is 4.98 Å². The molecule has 336 valence electrons. The summed E-state index contributed by atoms with van der Waals surface area (Å²) in [5.41, 5.74) is 15.7. The van der Waals surface area contributed by atoms with Crippen LogP contribution < -0.4 is 16.4 Å². The lowest BCUT2D eigenvalue weighted by Crippen LogP contribution is -2.20. The zero-order valence-corrected chi connectivity index (χ0v) is 41.7. The van der Waals surface area contributed by atoms with Gasteiger partial charge in [0, 0.05) is 60.7 Å². The molecule has 12 heteroatoms. The minimum atomic E-state index is 0. The van der Waals surface area contributed by atoms with E-state index >= 15 is 0 Å². The number of thiazole rings is 1. The summed E-state index contributed by atoms with van der Waals surface area (Å²) in [5, 5.41) is 17.6. The van der Waals surface area contributed by atoms with Crippen LogP contribution in [0.3, 0.4) is 0 Å². The summed E-state index contributed by atoms with van der Waals surface area (Å²) in [6.45, 7) is 5.95. The number of carbonyl (C=O) groups is 1. The molecule has 0 aliphatic heterocycles. The van der Waals surface area contributed by atoms with Crippen molar-refractivity contribution in [1.82, 2.24) is 14.8 Å². The highest BCUT2D eigenvalue weighted by Gasteiger charge is 2.06. The normalized spacial score (nSPS) is 10.2. The maximum atomic E-state index is 11.0. The molecular formula is C52H60Br2N6O2S2. The molecule has 7 aromatic rings. The van der Waals surface area contributed by atoms with Gasteiger partial charge in [0.25, 0.3) is 0 Å². The summed E-state index contributed by atoms with van der Waals surface area (Å²) in [7, 11) is 4.32. The van der Waals surface area contributed by atoms with E-state index in [0.717, 1.165) is 72.3 Å². The van der Waals surface area contributed by atoms with Crippen LogP contribution in [0.5, 0.6) is 0 Å². The van der Waals surface area contributed by atoms with Crippen LogP contribution in [0, 0.1) is 0 Å². The van der Waals surface area contributed by atoms with Crippen molar-refractivity contribution in [1.29, 1.82) is 0 Å². The number of alkyl halides is 1. The second-order valence-electron chi connectivity index (χ2n) is 14.6. The second-order valence-corrected chi connectivity index (χ2v) is 16.5. The molecule has 0 aliphatic carbocycles. The Labute approximate surface area is 408 Å². The first-order valence-corrected chi connectivity index (χ1v) is 23.3. The maximum absolute atomic E-state index is 11.0. The van der Waals surface area contributed by atoms with Crippen molar-refractivity contribution in [3.8, 4) is 11.3 Å². The predicted molar refractivity (Wildman–Crippen MR) is 285 cm³/mol. The summed E-state index contributed by atoms with van der Waals surface area (Å²) in [6.07, 6.45) is 2.07. The number of ketones is 1. The van der Waals surface area contributed by atoms with Crippen LogP contribution in [-0.2, 0) is 25.9 Å². The molecule has 0 saturated heterocycles. The van der Waals surface area contributed by atoms with Gasteiger partial charge in [0.2, 0.25) is 0 Å². The van der Waals surface area contributed by atoms with E-state index in [4.69, 9.17) is 28.0 Å². The maximum Gasteiger partial charge on any atom is 0.187 e. The number of likely N-dealkylation sites (N-methyl/N-ethyl adjacent to an activating group) is 2. The number of thiocarbonyl (C=S) groups is 1. The van der Waals surface area contributed by atoms with Crippen molar-refractivity contribution < 1.29 is 9.90 Å². The van der Waals surface area contributed by atoms with Gasteiger partial charge in [0.05, 0.1) is 11.0 Å². The van der Waals surface area contributed by atoms with Crippen molar-refractivity contribution in [3.63, 3.8) is 0 Å². The largest absolute Gasteiger partial charge is 0.397 e. The van der Waals surface area contributed by atoms with Crippen LogP contribution in [0.4, 0.5) is 16.5 Å². The van der Waals surface area contributed by atoms with Crippen molar-refractivity contribution in [3.05, 3.63) is 203 Å². The summed E-state index contributed by atoms with van der Waals surface area (Å²) in [6, 6.07) is 57.5. The van der Waals surface area contributed by atoms with E-state index in [1.165, 1.54) is 22.3 Å². The molecule has 5 N–H and O–H groups in total. The number of aliphatic hydroxyl groups is 1. The van der Waals surface area contributed by atoms with Gasteiger partial charge < -0.3 is 31.3 Å². The van der Waals surface area contributed by atoms with Gasteiger partial charge in [-0.3, -0.25) is 4.79 Å². The average molecular weight is 1030 g/mol. The molecule has 7 rings (SSSR count). The van der Waals surface area contributed by atoms with E-state index in [2.05, 4.69) is 159 Å². The molecule has 0 atom stereocenters. The van der Waals surface area contributed by atoms with Gasteiger partial charge >= 0.3 is 0 Å². The predicted octanol–water partition coefficient (Wildman–Crippen LogP) is 12.1. The molecule has 1 heterocycles. The minimum Gasteiger partial charge on any atom is -0.397 e. The van der Waals surface area contributed by atoms with Gasteiger partial charge in [0.15, 0.2) is 16.0 Å². The Balaban J connectivity index is 0.000000271. The van der Waals surface area contributed by atoms with Gasteiger partial charge in [0.1, 0.15) is 0 Å². The number of halogens is 2. The number of aromatic nitrogens is 1. The number of rotatable bonds is 16. The van der Waals surface area contributed by atoms with Gasteiger partial charge in [-0.15, -0.1) is 28.3 Å². The Hall–Kier alpha value is -5.05. The SMILES string of the molecule is Br.CCO.CN(CCc1ccc(NC(N)=S)cc1)Cc1ccccc1.CN(CCc1ccc(Nc2nc(-c3ccccc3)cs2)cc1)Cc1ccccc1.O=C(CBr)c1ccccc1. The third-order valence-corrected chi connectivity index (χ3v) is 10.7. The smallest absolute Gasteiger partial charge is 0.187 e. The Bertz CT molecular complexity index is 2300. The molecule has 1 aromatic heterocycles. The molecule has 0 unspecified atom stereocenters. The van der Waals surface area contributed by atoms with E-state index in [1.54, 1.807) is 18.3 Å². The van der Waals surface area contributed by atoms with Crippen LogP contribution in [0.25, 0.3) is 11.3 Å². The monoisotopic (exact) mass is 1020 g/mol. The first-order valence-electron chi connectivity index (χ1n) is 20.9. The summed E-state index contributed by atoms with van der Waals surface area (Å²) < 4.78 is 0.